The first kappa shape index (κ1) is 9.73. The molecule has 2 heterocycles. The molecule has 0 saturated carbocycles. The summed E-state index contributed by atoms with van der Waals surface area (Å²) >= 11 is 5.98. The van der Waals surface area contributed by atoms with Crippen molar-refractivity contribution in [3.05, 3.63) is 17.0 Å². The van der Waals surface area contributed by atoms with Crippen molar-refractivity contribution in [1.29, 1.82) is 0 Å². The Morgan fingerprint density at radius 3 is 2.79 bits per heavy atom. The third kappa shape index (κ3) is 1.57. The molecule has 0 bridgehead atoms. The molecule has 0 spiro atoms. The second kappa shape index (κ2) is 3.74. The summed E-state index contributed by atoms with van der Waals surface area (Å²) in [6, 6.07) is 4.16. The molecule has 0 radical (unpaired) electrons. The largest absolute Gasteiger partial charge is 0.302 e. The fourth-order valence-corrected chi connectivity index (χ4v) is 2.47. The van der Waals surface area contributed by atoms with Crippen LogP contribution in [0.2, 0.25) is 0 Å². The quantitative estimate of drug-likeness (QED) is 0.796. The highest BCUT2D eigenvalue weighted by molar-refractivity contribution is 7.80. The van der Waals surface area contributed by atoms with Crippen molar-refractivity contribution in [2.75, 3.05) is 0 Å². The van der Waals surface area contributed by atoms with Crippen LogP contribution in [-0.4, -0.2) is 14.8 Å². The summed E-state index contributed by atoms with van der Waals surface area (Å²) < 4.78 is 1.99. The molecule has 0 atom stereocenters. The SMILES string of the molecule is CCn1c(S)nnc1-c1ccc(C)s1. The van der Waals surface area contributed by atoms with Gasteiger partial charge in [0.1, 0.15) is 0 Å². The molecule has 3 nitrogen and oxygen atoms in total. The van der Waals surface area contributed by atoms with E-state index >= 15 is 0 Å². The smallest absolute Gasteiger partial charge is 0.188 e. The van der Waals surface area contributed by atoms with Gasteiger partial charge < -0.3 is 4.57 Å². The predicted octanol–water partition coefficient (Wildman–Crippen LogP) is 2.62. The van der Waals surface area contributed by atoms with E-state index < -0.39 is 0 Å². The zero-order valence-corrected chi connectivity index (χ0v) is 9.77. The fourth-order valence-electron chi connectivity index (χ4n) is 1.32. The minimum absolute atomic E-state index is 0.675. The van der Waals surface area contributed by atoms with Crippen LogP contribution in [-0.2, 0) is 6.54 Å². The number of aromatic nitrogens is 3. The average Bonchev–Trinajstić information content (AvgIpc) is 2.71. The van der Waals surface area contributed by atoms with Crippen LogP contribution in [0.4, 0.5) is 0 Å². The molecule has 0 aromatic carbocycles. The van der Waals surface area contributed by atoms with Gasteiger partial charge >= 0.3 is 0 Å². The van der Waals surface area contributed by atoms with E-state index in [1.807, 2.05) is 4.57 Å². The molecule has 0 fully saturated rings. The average molecular weight is 225 g/mol. The topological polar surface area (TPSA) is 30.7 Å². The van der Waals surface area contributed by atoms with Crippen LogP contribution in [0.25, 0.3) is 10.7 Å². The van der Waals surface area contributed by atoms with Crippen molar-refractivity contribution in [3.8, 4) is 10.7 Å². The lowest BCUT2D eigenvalue weighted by molar-refractivity contribution is 0.690. The van der Waals surface area contributed by atoms with Gasteiger partial charge in [-0.2, -0.15) is 0 Å². The van der Waals surface area contributed by atoms with E-state index in [0.717, 1.165) is 17.2 Å². The lowest BCUT2D eigenvalue weighted by atomic mass is 10.4. The highest BCUT2D eigenvalue weighted by atomic mass is 32.1. The van der Waals surface area contributed by atoms with Gasteiger partial charge in [0, 0.05) is 11.4 Å². The van der Waals surface area contributed by atoms with Crippen molar-refractivity contribution in [2.45, 2.75) is 25.5 Å². The number of aryl methyl sites for hydroxylation is 1. The van der Waals surface area contributed by atoms with Crippen LogP contribution in [0, 0.1) is 6.92 Å². The summed E-state index contributed by atoms with van der Waals surface area (Å²) in [4.78, 5) is 2.43. The minimum atomic E-state index is 0.675. The maximum atomic E-state index is 4.25. The molecule has 0 saturated heterocycles. The van der Waals surface area contributed by atoms with Crippen LogP contribution in [0.1, 0.15) is 11.8 Å². The van der Waals surface area contributed by atoms with Crippen LogP contribution < -0.4 is 0 Å². The van der Waals surface area contributed by atoms with E-state index in [2.05, 4.69) is 48.8 Å². The van der Waals surface area contributed by atoms with Crippen LogP contribution in [0.5, 0.6) is 0 Å². The molecule has 0 aliphatic rings. The van der Waals surface area contributed by atoms with Crippen LogP contribution in [0.15, 0.2) is 17.3 Å². The van der Waals surface area contributed by atoms with Gasteiger partial charge in [-0.3, -0.25) is 0 Å². The van der Waals surface area contributed by atoms with E-state index in [9.17, 15) is 0 Å². The number of thiophene rings is 1. The molecule has 14 heavy (non-hydrogen) atoms. The molecule has 0 amide bonds. The fraction of sp³-hybridized carbons (Fsp3) is 0.333. The summed E-state index contributed by atoms with van der Waals surface area (Å²) in [5.74, 6) is 0.913. The summed E-state index contributed by atoms with van der Waals surface area (Å²) in [5, 5.41) is 8.75. The summed E-state index contributed by atoms with van der Waals surface area (Å²) in [5.41, 5.74) is 0. The van der Waals surface area contributed by atoms with Crippen molar-refractivity contribution in [1.82, 2.24) is 14.8 Å². The molecule has 2 aromatic heterocycles. The van der Waals surface area contributed by atoms with Crippen molar-refractivity contribution in [3.63, 3.8) is 0 Å². The monoisotopic (exact) mass is 225 g/mol. The Balaban J connectivity index is 2.51. The third-order valence-electron chi connectivity index (χ3n) is 2.01. The van der Waals surface area contributed by atoms with E-state index in [1.165, 1.54) is 4.88 Å². The summed E-state index contributed by atoms with van der Waals surface area (Å²) in [6.07, 6.45) is 0. The second-order valence-electron chi connectivity index (χ2n) is 2.98. The van der Waals surface area contributed by atoms with E-state index in [0.29, 0.717) is 5.16 Å². The van der Waals surface area contributed by atoms with Crippen LogP contribution >= 0.6 is 24.0 Å². The van der Waals surface area contributed by atoms with Gasteiger partial charge in [-0.1, -0.05) is 0 Å². The molecule has 74 valence electrons. The standard InChI is InChI=1S/C9H11N3S2/c1-3-12-8(10-11-9(12)13)7-5-4-6(2)14-7/h4-5H,3H2,1-2H3,(H,11,13). The molecular formula is C9H11N3S2. The lowest BCUT2D eigenvalue weighted by Crippen LogP contribution is -1.96. The molecule has 0 unspecified atom stereocenters. The zero-order chi connectivity index (χ0) is 10.1. The Kier molecular flexibility index (Phi) is 2.60. The van der Waals surface area contributed by atoms with E-state index in [-0.39, 0.29) is 0 Å². The minimum Gasteiger partial charge on any atom is -0.302 e. The molecule has 0 aliphatic heterocycles. The molecule has 5 heteroatoms. The highest BCUT2D eigenvalue weighted by Crippen LogP contribution is 2.27. The maximum Gasteiger partial charge on any atom is 0.188 e. The number of thiol groups is 1. The van der Waals surface area contributed by atoms with Gasteiger partial charge in [-0.05, 0) is 26.0 Å². The zero-order valence-electron chi connectivity index (χ0n) is 8.06. The molecule has 0 aliphatic carbocycles. The Hall–Kier alpha value is -0.810. The number of hydrogen-bond acceptors (Lipinski definition) is 4. The van der Waals surface area contributed by atoms with Gasteiger partial charge in [-0.25, -0.2) is 0 Å². The summed E-state index contributed by atoms with van der Waals surface area (Å²) in [7, 11) is 0. The van der Waals surface area contributed by atoms with Crippen molar-refractivity contribution < 1.29 is 0 Å². The number of nitrogens with zero attached hydrogens (tertiary/aromatic N) is 3. The molecule has 2 rings (SSSR count). The first-order valence-electron chi connectivity index (χ1n) is 4.41. The second-order valence-corrected chi connectivity index (χ2v) is 4.67. The Morgan fingerprint density at radius 1 is 1.43 bits per heavy atom. The molecular weight excluding hydrogens is 214 g/mol. The lowest BCUT2D eigenvalue weighted by Gasteiger charge is -2.01. The number of rotatable bonds is 2. The predicted molar refractivity (Wildman–Crippen MR) is 61.0 cm³/mol. The van der Waals surface area contributed by atoms with Gasteiger partial charge in [0.15, 0.2) is 11.0 Å². The van der Waals surface area contributed by atoms with E-state index in [4.69, 9.17) is 0 Å². The van der Waals surface area contributed by atoms with Gasteiger partial charge in [0.25, 0.3) is 0 Å². The molecule has 0 N–H and O–H groups in total. The van der Waals surface area contributed by atoms with E-state index in [1.54, 1.807) is 11.3 Å². The maximum absolute atomic E-state index is 4.25. The van der Waals surface area contributed by atoms with Gasteiger partial charge in [0.2, 0.25) is 0 Å². The van der Waals surface area contributed by atoms with Crippen molar-refractivity contribution in [2.24, 2.45) is 0 Å². The highest BCUT2D eigenvalue weighted by Gasteiger charge is 2.11. The normalized spacial score (nSPS) is 10.8. The Morgan fingerprint density at radius 2 is 2.21 bits per heavy atom. The molecule has 2 aromatic rings. The van der Waals surface area contributed by atoms with Gasteiger partial charge in [-0.15, -0.1) is 34.2 Å². The third-order valence-corrected chi connectivity index (χ3v) is 3.34. The Labute approximate surface area is 92.2 Å². The summed E-state index contributed by atoms with van der Waals surface area (Å²) in [6.45, 7) is 4.99. The van der Waals surface area contributed by atoms with Gasteiger partial charge in [0.05, 0.1) is 4.88 Å². The number of hydrogen-bond donors (Lipinski definition) is 1. The first-order valence-corrected chi connectivity index (χ1v) is 5.67. The van der Waals surface area contributed by atoms with Crippen molar-refractivity contribution >= 4 is 24.0 Å². The first-order chi connectivity index (χ1) is 6.72. The van der Waals surface area contributed by atoms with Crippen LogP contribution in [0.3, 0.4) is 0 Å². The Bertz CT molecular complexity index is 445.